The van der Waals surface area contributed by atoms with Crippen molar-refractivity contribution in [3.8, 4) is 0 Å². The molecule has 11 rings (SSSR count). The first-order valence-corrected chi connectivity index (χ1v) is 25.1. The number of rotatable bonds is 5. The minimum Gasteiger partial charge on any atom is -0.311 e. The Bertz CT molecular complexity index is 3230. The largest absolute Gasteiger partial charge is 0.311 e. The van der Waals surface area contributed by atoms with Gasteiger partial charge in [0.1, 0.15) is 0 Å². The fourth-order valence-corrected chi connectivity index (χ4v) is 12.4. The van der Waals surface area contributed by atoms with E-state index in [0.29, 0.717) is 5.56 Å². The normalized spacial score (nSPS) is 18.8. The smallest absolute Gasteiger partial charge is 0.252 e. The number of aryl methyl sites for hydroxylation is 2. The number of benzene rings is 7. The highest BCUT2D eigenvalue weighted by Crippen LogP contribution is 2.53. The summed E-state index contributed by atoms with van der Waals surface area (Å²) in [4.78, 5) is 7.24. The summed E-state index contributed by atoms with van der Waals surface area (Å²) in [5.74, 6) is 0. The van der Waals surface area contributed by atoms with Crippen LogP contribution in [0.5, 0.6) is 0 Å². The molecule has 0 fully saturated rings. The second-order valence-corrected chi connectivity index (χ2v) is 24.3. The van der Waals surface area contributed by atoms with Crippen molar-refractivity contribution in [2.45, 2.75) is 143 Å². The topological polar surface area (TPSA) is 9.72 Å². The maximum absolute atomic E-state index is 9.17. The van der Waals surface area contributed by atoms with Crippen LogP contribution in [0.3, 0.4) is 0 Å². The summed E-state index contributed by atoms with van der Waals surface area (Å²) >= 11 is 0. The number of hydrogen-bond donors (Lipinski definition) is 0. The highest BCUT2D eigenvalue weighted by molar-refractivity contribution is 7.00. The maximum Gasteiger partial charge on any atom is 0.252 e. The van der Waals surface area contributed by atoms with Gasteiger partial charge in [0.2, 0.25) is 0 Å². The van der Waals surface area contributed by atoms with Crippen LogP contribution in [-0.4, -0.2) is 6.71 Å². The Morgan fingerprint density at radius 3 is 1.59 bits per heavy atom. The van der Waals surface area contributed by atoms with Crippen molar-refractivity contribution >= 4 is 74.3 Å². The molecule has 0 spiro atoms. The van der Waals surface area contributed by atoms with E-state index >= 15 is 0 Å². The fraction of sp³-hybridized carbons (Fsp3) is 0.344. The van der Waals surface area contributed by atoms with E-state index in [1.54, 1.807) is 0 Å². The zero-order valence-electron chi connectivity index (χ0n) is 45.5. The average Bonchev–Trinajstić information content (AvgIpc) is 3.32. The summed E-state index contributed by atoms with van der Waals surface area (Å²) in [7, 11) is 0. The van der Waals surface area contributed by atoms with Crippen LogP contribution in [0, 0.1) is 13.8 Å². The SMILES string of the molecule is [2H]C([2H])([2H])c1cc2c3c(c1)N(c1ccc(C(C)(C)C)cc1C)c1ccc(N(c4ccccc4)c4ccccc4)cc1B3c1cc3c(cc1N2c1ccc2c(c1)C(C)(C)CCC2(C)C)C(C)(C)CCC3(C)C. The van der Waals surface area contributed by atoms with E-state index in [2.05, 4.69) is 225 Å². The summed E-state index contributed by atoms with van der Waals surface area (Å²) in [6.45, 7) is 25.7. The monoisotopic (exact) mass is 895 g/mol. The lowest BCUT2D eigenvalue weighted by Gasteiger charge is -2.48. The van der Waals surface area contributed by atoms with Gasteiger partial charge in [-0.3, -0.25) is 0 Å². The van der Waals surface area contributed by atoms with Crippen LogP contribution < -0.4 is 31.1 Å². The van der Waals surface area contributed by atoms with Crippen LogP contribution in [0.1, 0.15) is 145 Å². The summed E-state index contributed by atoms with van der Waals surface area (Å²) < 4.78 is 27.5. The molecule has 2 heterocycles. The lowest BCUT2D eigenvalue weighted by molar-refractivity contribution is 0.332. The molecule has 0 amide bonds. The molecule has 0 unspecified atom stereocenters. The third-order valence-electron chi connectivity index (χ3n) is 16.7. The Morgan fingerprint density at radius 2 is 1.01 bits per heavy atom. The first-order valence-electron chi connectivity index (χ1n) is 26.6. The van der Waals surface area contributed by atoms with Gasteiger partial charge in [-0.25, -0.2) is 0 Å². The lowest BCUT2D eigenvalue weighted by Crippen LogP contribution is -2.62. The fourth-order valence-electron chi connectivity index (χ4n) is 12.4. The predicted molar refractivity (Wildman–Crippen MR) is 294 cm³/mol. The Labute approximate surface area is 412 Å². The lowest BCUT2D eigenvalue weighted by atomic mass is 9.33. The van der Waals surface area contributed by atoms with Gasteiger partial charge in [-0.05, 0) is 201 Å². The Kier molecular flexibility index (Phi) is 9.20. The van der Waals surface area contributed by atoms with Crippen LogP contribution in [0.2, 0.25) is 0 Å². The van der Waals surface area contributed by atoms with E-state index in [-0.39, 0.29) is 33.8 Å². The molecule has 0 N–H and O–H groups in total. The molecule has 0 saturated carbocycles. The Hall–Kier alpha value is -6.00. The zero-order chi connectivity index (χ0) is 50.4. The van der Waals surface area contributed by atoms with E-state index in [1.165, 1.54) is 38.7 Å². The molecule has 2 aliphatic heterocycles. The predicted octanol–water partition coefficient (Wildman–Crippen LogP) is 15.9. The van der Waals surface area contributed by atoms with Crippen LogP contribution in [0.4, 0.5) is 51.2 Å². The summed E-state index contributed by atoms with van der Waals surface area (Å²) in [5, 5.41) is 0. The van der Waals surface area contributed by atoms with Crippen LogP contribution in [0.25, 0.3) is 0 Å². The molecular formula is C64H70BN3. The van der Waals surface area contributed by atoms with E-state index in [0.717, 1.165) is 87.9 Å². The number of fused-ring (bicyclic) bond motifs is 6. The van der Waals surface area contributed by atoms with E-state index in [4.69, 9.17) is 0 Å². The molecule has 4 aliphatic rings. The first-order chi connectivity index (χ1) is 33.4. The van der Waals surface area contributed by atoms with E-state index in [1.807, 2.05) is 12.1 Å². The molecule has 7 aromatic carbocycles. The third-order valence-corrected chi connectivity index (χ3v) is 16.7. The molecular weight excluding hydrogens is 822 g/mol. The number of hydrogen-bond acceptors (Lipinski definition) is 3. The van der Waals surface area contributed by atoms with Crippen molar-refractivity contribution in [1.29, 1.82) is 0 Å². The van der Waals surface area contributed by atoms with Gasteiger partial charge in [0.15, 0.2) is 0 Å². The zero-order valence-corrected chi connectivity index (χ0v) is 42.5. The van der Waals surface area contributed by atoms with Gasteiger partial charge in [-0.15, -0.1) is 0 Å². The van der Waals surface area contributed by atoms with Crippen molar-refractivity contribution in [2.24, 2.45) is 0 Å². The third kappa shape index (κ3) is 6.98. The molecule has 0 aromatic heterocycles. The molecule has 0 bridgehead atoms. The molecule has 0 atom stereocenters. The van der Waals surface area contributed by atoms with Gasteiger partial charge in [0.05, 0.1) is 0 Å². The van der Waals surface area contributed by atoms with Gasteiger partial charge in [-0.2, -0.15) is 0 Å². The molecule has 0 radical (unpaired) electrons. The molecule has 4 heteroatoms. The minimum absolute atomic E-state index is 0.0316. The Balaban J connectivity index is 1.28. The van der Waals surface area contributed by atoms with Gasteiger partial charge in [0.25, 0.3) is 6.71 Å². The second-order valence-electron chi connectivity index (χ2n) is 24.3. The molecule has 2 aliphatic carbocycles. The van der Waals surface area contributed by atoms with Crippen molar-refractivity contribution in [2.75, 3.05) is 14.7 Å². The molecule has 0 saturated heterocycles. The van der Waals surface area contributed by atoms with Gasteiger partial charge < -0.3 is 14.7 Å². The number of para-hydroxylation sites is 2. The summed E-state index contributed by atoms with van der Waals surface area (Å²) in [5.41, 5.74) is 21.1. The van der Waals surface area contributed by atoms with Crippen molar-refractivity contribution in [1.82, 2.24) is 0 Å². The highest BCUT2D eigenvalue weighted by Gasteiger charge is 2.47. The van der Waals surface area contributed by atoms with E-state index in [9.17, 15) is 4.11 Å². The molecule has 68 heavy (non-hydrogen) atoms. The molecule has 344 valence electrons. The number of anilines is 9. The van der Waals surface area contributed by atoms with Crippen LogP contribution in [-0.2, 0) is 27.1 Å². The second kappa shape index (κ2) is 15.3. The number of nitrogens with zero attached hydrogens (tertiary/aromatic N) is 3. The summed E-state index contributed by atoms with van der Waals surface area (Å²) in [6, 6.07) is 51.5. The van der Waals surface area contributed by atoms with Crippen molar-refractivity contribution < 1.29 is 4.11 Å². The maximum atomic E-state index is 9.17. The van der Waals surface area contributed by atoms with E-state index < -0.39 is 6.85 Å². The van der Waals surface area contributed by atoms with Crippen molar-refractivity contribution in [3.05, 3.63) is 178 Å². The van der Waals surface area contributed by atoms with Crippen molar-refractivity contribution in [3.63, 3.8) is 0 Å². The van der Waals surface area contributed by atoms with Crippen LogP contribution >= 0.6 is 0 Å². The van der Waals surface area contributed by atoms with Gasteiger partial charge >= 0.3 is 0 Å². The quantitative estimate of drug-likeness (QED) is 0.159. The van der Waals surface area contributed by atoms with Gasteiger partial charge in [0, 0.05) is 55.3 Å². The highest BCUT2D eigenvalue weighted by atomic mass is 15.2. The molecule has 3 nitrogen and oxygen atoms in total. The average molecular weight is 895 g/mol. The Morgan fingerprint density at radius 1 is 0.485 bits per heavy atom. The first kappa shape index (κ1) is 41.0. The minimum atomic E-state index is -2.37. The van der Waals surface area contributed by atoms with Crippen LogP contribution in [0.15, 0.2) is 140 Å². The standard InChI is InChI=1S/C64H70BN3/c1-41-34-57-59-58(35-41)68(54-28-24-43(36-42(54)2)60(3,4)5)55-29-26-47(66(44-20-16-14-17-21-44)45-22-18-15-19-23-45)38-52(55)65(59)53-39-50-51(64(12,13)33-32-63(50,10)11)40-56(53)67(57)46-25-27-48-49(37-46)62(8,9)31-30-61(48,6)7/h14-29,34-40H,30-33H2,1-13H3/i1D3. The summed E-state index contributed by atoms with van der Waals surface area (Å²) in [6.07, 6.45) is 4.41. The van der Waals surface area contributed by atoms with Gasteiger partial charge in [-0.1, -0.05) is 137 Å². The molecule has 7 aromatic rings.